The molecule has 0 unspecified atom stereocenters. The largest absolute Gasteiger partial charge is 0.576 e. The zero-order valence-electron chi connectivity index (χ0n) is 7.84. The van der Waals surface area contributed by atoms with Gasteiger partial charge >= 0.3 is 12.5 Å². The molecule has 1 amide bonds. The monoisotopic (exact) mass is 253 g/mol. The summed E-state index contributed by atoms with van der Waals surface area (Å²) in [5, 5.41) is 0.917. The highest BCUT2D eigenvalue weighted by Crippen LogP contribution is 2.28. The number of fused-ring (bicyclic) bond motifs is 2. The van der Waals surface area contributed by atoms with Crippen molar-refractivity contribution in [1.29, 1.82) is 0 Å². The Morgan fingerprint density at radius 2 is 2.00 bits per heavy atom. The van der Waals surface area contributed by atoms with Crippen molar-refractivity contribution in [3.8, 4) is 0 Å². The molecular weight excluding hydrogens is 247 g/mol. The quantitative estimate of drug-likeness (QED) is 0.785. The van der Waals surface area contributed by atoms with E-state index in [2.05, 4.69) is 22.6 Å². The predicted molar refractivity (Wildman–Crippen MR) is 51.0 cm³/mol. The van der Waals surface area contributed by atoms with Gasteiger partial charge in [-0.1, -0.05) is 23.7 Å². The fraction of sp³-hybridized carbons (Fsp3) is 0.222. The molecule has 0 spiro atoms. The molecule has 1 aromatic carbocycles. The molecule has 2 aliphatic carbocycles. The van der Waals surface area contributed by atoms with Crippen LogP contribution in [0, 0.1) is 0 Å². The first-order valence-corrected chi connectivity index (χ1v) is 4.48. The number of halogens is 4. The maximum atomic E-state index is 10.8. The lowest BCUT2D eigenvalue weighted by Crippen LogP contribution is -2.23. The van der Waals surface area contributed by atoms with Gasteiger partial charge in [0.25, 0.3) is 0 Å². The Bertz CT molecular complexity index is 397. The van der Waals surface area contributed by atoms with Crippen molar-refractivity contribution in [3.05, 3.63) is 34.3 Å². The molecule has 1 aromatic rings. The third kappa shape index (κ3) is 3.98. The van der Waals surface area contributed by atoms with E-state index in [0.717, 1.165) is 11.4 Å². The van der Waals surface area contributed by atoms with E-state index in [1.807, 2.05) is 6.07 Å². The standard InChI is InChI=1S/C7H5Cl.C2H2F3NO2/c8-7-2-1-5-3-6(7)4-5;3-2(4,5)8-1(6)7/h1-3H,4H2;(H2,6,7). The van der Waals surface area contributed by atoms with Gasteiger partial charge in [0.15, 0.2) is 0 Å². The van der Waals surface area contributed by atoms with Gasteiger partial charge in [0.2, 0.25) is 0 Å². The van der Waals surface area contributed by atoms with Crippen molar-refractivity contribution in [2.24, 2.45) is 5.73 Å². The van der Waals surface area contributed by atoms with Gasteiger partial charge in [-0.05, 0) is 23.6 Å². The number of benzene rings is 1. The van der Waals surface area contributed by atoms with E-state index in [9.17, 15) is 18.0 Å². The lowest BCUT2D eigenvalue weighted by atomic mass is 9.94. The van der Waals surface area contributed by atoms with E-state index in [1.165, 1.54) is 11.1 Å². The first-order valence-electron chi connectivity index (χ1n) is 4.10. The van der Waals surface area contributed by atoms with E-state index in [-0.39, 0.29) is 0 Å². The van der Waals surface area contributed by atoms with Crippen LogP contribution in [0.15, 0.2) is 18.2 Å². The second-order valence-corrected chi connectivity index (χ2v) is 3.38. The van der Waals surface area contributed by atoms with Crippen LogP contribution in [0.25, 0.3) is 0 Å². The second-order valence-electron chi connectivity index (χ2n) is 2.97. The smallest absolute Gasteiger partial charge is 0.356 e. The lowest BCUT2D eigenvalue weighted by molar-refractivity contribution is -0.289. The van der Waals surface area contributed by atoms with Crippen LogP contribution in [0.1, 0.15) is 11.1 Å². The molecule has 0 radical (unpaired) electrons. The average Bonchev–Trinajstić information content (AvgIpc) is 1.97. The van der Waals surface area contributed by atoms with Crippen LogP contribution in [0.2, 0.25) is 5.02 Å². The van der Waals surface area contributed by atoms with Crippen LogP contribution >= 0.6 is 11.6 Å². The van der Waals surface area contributed by atoms with Gasteiger partial charge in [-0.25, -0.2) is 4.79 Å². The Balaban J connectivity index is 0.000000160. The fourth-order valence-electron chi connectivity index (χ4n) is 1.08. The maximum Gasteiger partial charge on any atom is 0.576 e. The SMILES string of the molecule is Clc1ccc2cc1C2.NC(=O)OC(F)(F)F. The first-order chi connectivity index (χ1) is 7.28. The minimum Gasteiger partial charge on any atom is -0.356 e. The summed E-state index contributed by atoms with van der Waals surface area (Å²) in [6, 6.07) is 6.15. The molecule has 0 fully saturated rings. The van der Waals surface area contributed by atoms with Crippen molar-refractivity contribution in [3.63, 3.8) is 0 Å². The number of carbonyl (C=O) groups excluding carboxylic acids is 1. The predicted octanol–water partition coefficient (Wildman–Crippen LogP) is 2.85. The van der Waals surface area contributed by atoms with Gasteiger partial charge in [0.05, 0.1) is 0 Å². The molecule has 2 N–H and O–H groups in total. The second kappa shape index (κ2) is 4.61. The highest BCUT2D eigenvalue weighted by atomic mass is 35.5. The molecular formula is C9H7ClF3NO2. The summed E-state index contributed by atoms with van der Waals surface area (Å²) in [5.74, 6) is 0. The van der Waals surface area contributed by atoms with Crippen molar-refractivity contribution >= 4 is 17.7 Å². The molecule has 7 heteroatoms. The zero-order chi connectivity index (χ0) is 12.3. The van der Waals surface area contributed by atoms with Gasteiger partial charge in [-0.2, -0.15) is 0 Å². The number of alkyl halides is 3. The maximum absolute atomic E-state index is 10.8. The van der Waals surface area contributed by atoms with Gasteiger partial charge < -0.3 is 10.5 Å². The molecule has 0 saturated carbocycles. The molecule has 3 rings (SSSR count). The van der Waals surface area contributed by atoms with Crippen LogP contribution in [0.3, 0.4) is 0 Å². The molecule has 88 valence electrons. The number of rotatable bonds is 0. The van der Waals surface area contributed by atoms with E-state index in [4.69, 9.17) is 11.6 Å². The minimum atomic E-state index is -4.95. The number of amides is 1. The van der Waals surface area contributed by atoms with Crippen LogP contribution in [-0.2, 0) is 11.2 Å². The number of nitrogens with two attached hydrogens (primary N) is 1. The summed E-state index contributed by atoms with van der Waals surface area (Å²) in [6.45, 7) is 0. The lowest BCUT2D eigenvalue weighted by Gasteiger charge is -2.14. The van der Waals surface area contributed by atoms with Gasteiger partial charge in [-0.3, -0.25) is 0 Å². The molecule has 0 aliphatic heterocycles. The number of primary amides is 1. The Kier molecular flexibility index (Phi) is 3.64. The minimum absolute atomic E-state index is 0.917. The van der Waals surface area contributed by atoms with E-state index < -0.39 is 12.5 Å². The van der Waals surface area contributed by atoms with Crippen LogP contribution in [-0.4, -0.2) is 12.5 Å². The van der Waals surface area contributed by atoms with Gasteiger partial charge in [0, 0.05) is 5.02 Å². The van der Waals surface area contributed by atoms with Crippen molar-refractivity contribution in [2.75, 3.05) is 0 Å². The van der Waals surface area contributed by atoms with E-state index in [0.29, 0.717) is 0 Å². The molecule has 3 nitrogen and oxygen atoms in total. The van der Waals surface area contributed by atoms with Gasteiger partial charge in [-0.15, -0.1) is 13.2 Å². The Labute approximate surface area is 93.9 Å². The topological polar surface area (TPSA) is 52.3 Å². The number of ether oxygens (including phenoxy) is 1. The molecule has 0 atom stereocenters. The molecule has 0 saturated heterocycles. The molecule has 0 aromatic heterocycles. The number of carbonyl (C=O) groups is 1. The van der Waals surface area contributed by atoms with Crippen LogP contribution < -0.4 is 5.73 Å². The average molecular weight is 254 g/mol. The van der Waals surface area contributed by atoms with Gasteiger partial charge in [0.1, 0.15) is 0 Å². The zero-order valence-corrected chi connectivity index (χ0v) is 8.60. The Hall–Kier alpha value is -1.43. The summed E-state index contributed by atoms with van der Waals surface area (Å²) >= 11 is 5.75. The Morgan fingerprint density at radius 1 is 1.44 bits per heavy atom. The number of hydrogen-bond acceptors (Lipinski definition) is 2. The fourth-order valence-corrected chi connectivity index (χ4v) is 1.26. The number of hydrogen-bond donors (Lipinski definition) is 1. The molecule has 2 aliphatic rings. The van der Waals surface area contributed by atoms with E-state index in [1.54, 1.807) is 0 Å². The first kappa shape index (κ1) is 12.6. The van der Waals surface area contributed by atoms with Crippen molar-refractivity contribution in [2.45, 2.75) is 12.8 Å². The summed E-state index contributed by atoms with van der Waals surface area (Å²) in [7, 11) is 0. The molecule has 2 bridgehead atoms. The normalized spacial score (nSPS) is 12.0. The summed E-state index contributed by atoms with van der Waals surface area (Å²) in [4.78, 5) is 9.29. The van der Waals surface area contributed by atoms with Crippen molar-refractivity contribution < 1.29 is 22.7 Å². The molecule has 0 heterocycles. The third-order valence-electron chi connectivity index (χ3n) is 1.72. The summed E-state index contributed by atoms with van der Waals surface area (Å²) in [5.41, 5.74) is 6.70. The van der Waals surface area contributed by atoms with Crippen molar-refractivity contribution in [1.82, 2.24) is 0 Å². The summed E-state index contributed by atoms with van der Waals surface area (Å²) in [6.07, 6.45) is -5.71. The Morgan fingerprint density at radius 3 is 2.12 bits per heavy atom. The highest BCUT2D eigenvalue weighted by Gasteiger charge is 2.32. The van der Waals surface area contributed by atoms with E-state index >= 15 is 0 Å². The summed E-state index contributed by atoms with van der Waals surface area (Å²) < 4.78 is 34.9. The van der Waals surface area contributed by atoms with Crippen LogP contribution in [0.4, 0.5) is 18.0 Å². The van der Waals surface area contributed by atoms with Crippen LogP contribution in [0.5, 0.6) is 0 Å². The highest BCUT2D eigenvalue weighted by molar-refractivity contribution is 6.31. The molecule has 16 heavy (non-hydrogen) atoms. The third-order valence-corrected chi connectivity index (χ3v) is 2.09.